The number of nitrogens with zero attached hydrogens (tertiary/aromatic N) is 2. The third-order valence-corrected chi connectivity index (χ3v) is 8.72. The zero-order valence-electron chi connectivity index (χ0n) is 23.0. The van der Waals surface area contributed by atoms with Crippen molar-refractivity contribution in [3.63, 3.8) is 0 Å². The Morgan fingerprint density at radius 3 is 2.03 bits per heavy atom. The molecule has 1 aromatic heterocycles. The van der Waals surface area contributed by atoms with Gasteiger partial charge in [-0.25, -0.2) is 9.97 Å². The van der Waals surface area contributed by atoms with Crippen LogP contribution in [0, 0.1) is 23.7 Å². The van der Waals surface area contributed by atoms with Crippen LogP contribution in [-0.2, 0) is 4.79 Å². The molecule has 1 heterocycles. The molecule has 202 valence electrons. The van der Waals surface area contributed by atoms with Crippen molar-refractivity contribution in [2.45, 2.75) is 104 Å². The number of unbranched alkanes of at least 4 members (excludes halogenated alkanes) is 4. The molecular formula is C32H46N2O3. The number of esters is 1. The Kier molecular flexibility index (Phi) is 10.8. The molecule has 0 N–H and O–H groups in total. The first-order chi connectivity index (χ1) is 18.2. The minimum absolute atomic E-state index is 0.0328. The van der Waals surface area contributed by atoms with Crippen LogP contribution in [0.3, 0.4) is 0 Å². The minimum Gasteiger partial charge on any atom is -0.490 e. The fraction of sp³-hybridized carbons (Fsp3) is 0.656. The second-order valence-electron chi connectivity index (χ2n) is 11.3. The summed E-state index contributed by atoms with van der Waals surface area (Å²) in [6, 6.07) is 7.51. The highest BCUT2D eigenvalue weighted by atomic mass is 16.5. The lowest BCUT2D eigenvalue weighted by Gasteiger charge is -2.37. The van der Waals surface area contributed by atoms with Gasteiger partial charge in [0.05, 0.1) is 24.9 Å². The highest BCUT2D eigenvalue weighted by molar-refractivity contribution is 5.75. The summed E-state index contributed by atoms with van der Waals surface area (Å²) in [6.45, 7) is 5.25. The summed E-state index contributed by atoms with van der Waals surface area (Å²) >= 11 is 0. The Morgan fingerprint density at radius 2 is 1.41 bits per heavy atom. The van der Waals surface area contributed by atoms with E-state index in [4.69, 9.17) is 9.47 Å². The van der Waals surface area contributed by atoms with Crippen LogP contribution in [0.5, 0.6) is 11.5 Å². The highest BCUT2D eigenvalue weighted by Gasteiger charge is 2.33. The third kappa shape index (κ3) is 8.28. The number of ether oxygens (including phenoxy) is 2. The van der Waals surface area contributed by atoms with Gasteiger partial charge in [-0.05, 0) is 87.0 Å². The monoisotopic (exact) mass is 506 g/mol. The summed E-state index contributed by atoms with van der Waals surface area (Å²) in [4.78, 5) is 21.7. The third-order valence-electron chi connectivity index (χ3n) is 8.72. The van der Waals surface area contributed by atoms with Gasteiger partial charge in [0.25, 0.3) is 0 Å². The van der Waals surface area contributed by atoms with Crippen LogP contribution in [0.1, 0.15) is 104 Å². The second-order valence-corrected chi connectivity index (χ2v) is 11.3. The van der Waals surface area contributed by atoms with Crippen molar-refractivity contribution in [2.24, 2.45) is 23.7 Å². The largest absolute Gasteiger partial charge is 0.490 e. The summed E-state index contributed by atoms with van der Waals surface area (Å²) in [7, 11) is 0. The number of carbonyl (C=O) groups excluding carboxylic acids is 1. The highest BCUT2D eigenvalue weighted by Crippen LogP contribution is 2.42. The van der Waals surface area contributed by atoms with Crippen LogP contribution >= 0.6 is 0 Å². The van der Waals surface area contributed by atoms with Gasteiger partial charge in [-0.2, -0.15) is 0 Å². The van der Waals surface area contributed by atoms with Gasteiger partial charge in [0, 0.05) is 5.56 Å². The van der Waals surface area contributed by atoms with Gasteiger partial charge in [-0.1, -0.05) is 58.8 Å². The first-order valence-corrected chi connectivity index (χ1v) is 14.9. The van der Waals surface area contributed by atoms with Crippen molar-refractivity contribution in [3.05, 3.63) is 36.7 Å². The van der Waals surface area contributed by atoms with Gasteiger partial charge in [0.2, 0.25) is 0 Å². The van der Waals surface area contributed by atoms with E-state index in [9.17, 15) is 4.79 Å². The average Bonchev–Trinajstić information content (AvgIpc) is 2.96. The van der Waals surface area contributed by atoms with E-state index >= 15 is 0 Å². The van der Waals surface area contributed by atoms with Gasteiger partial charge in [-0.3, -0.25) is 4.79 Å². The fourth-order valence-electron chi connectivity index (χ4n) is 6.20. The molecule has 0 spiro atoms. The summed E-state index contributed by atoms with van der Waals surface area (Å²) in [5.41, 5.74) is 0.893. The van der Waals surface area contributed by atoms with E-state index in [0.29, 0.717) is 23.9 Å². The maximum atomic E-state index is 12.8. The standard InChI is InChI=1S/C32H46N2O3/c1-3-5-6-7-8-21-36-30-22-33-31(34-23-30)27-17-19-29(20-18-27)37-32(35)28-15-13-26(14-16-28)25-11-9-24(4-2)10-12-25/h17-20,22-26,28H,3-16,21H2,1-2H3/t24-,25-,26-,28-. The predicted octanol–water partition coefficient (Wildman–Crippen LogP) is 8.42. The van der Waals surface area contributed by atoms with Crippen molar-refractivity contribution in [2.75, 3.05) is 6.61 Å². The first kappa shape index (κ1) is 27.6. The molecular weight excluding hydrogens is 460 g/mol. The van der Waals surface area contributed by atoms with E-state index in [1.165, 1.54) is 70.6 Å². The Morgan fingerprint density at radius 1 is 0.784 bits per heavy atom. The van der Waals surface area contributed by atoms with E-state index in [1.807, 2.05) is 24.3 Å². The molecule has 5 heteroatoms. The molecule has 0 atom stereocenters. The molecule has 0 bridgehead atoms. The lowest BCUT2D eigenvalue weighted by molar-refractivity contribution is -0.140. The Bertz CT molecular complexity index is 928. The quantitative estimate of drug-likeness (QED) is 0.164. The summed E-state index contributed by atoms with van der Waals surface area (Å²) in [6.07, 6.45) is 20.7. The Hall–Kier alpha value is -2.43. The number of carbonyl (C=O) groups is 1. The summed E-state index contributed by atoms with van der Waals surface area (Å²) < 4.78 is 11.5. The molecule has 2 aromatic rings. The van der Waals surface area contributed by atoms with E-state index < -0.39 is 0 Å². The van der Waals surface area contributed by atoms with Crippen molar-refractivity contribution in [1.82, 2.24) is 9.97 Å². The number of rotatable bonds is 12. The molecule has 0 unspecified atom stereocenters. The molecule has 0 aliphatic heterocycles. The van der Waals surface area contributed by atoms with Crippen molar-refractivity contribution >= 4 is 5.97 Å². The smallest absolute Gasteiger partial charge is 0.314 e. The van der Waals surface area contributed by atoms with Gasteiger partial charge in [0.1, 0.15) is 5.75 Å². The second kappa shape index (κ2) is 14.5. The summed E-state index contributed by atoms with van der Waals surface area (Å²) in [5.74, 6) is 4.53. The van der Waals surface area contributed by atoms with Crippen LogP contribution in [0.2, 0.25) is 0 Å². The average molecular weight is 507 g/mol. The minimum atomic E-state index is -0.0756. The van der Waals surface area contributed by atoms with Gasteiger partial charge < -0.3 is 9.47 Å². The molecule has 2 fully saturated rings. The lowest BCUT2D eigenvalue weighted by Crippen LogP contribution is -2.30. The zero-order valence-corrected chi connectivity index (χ0v) is 23.0. The molecule has 2 aliphatic carbocycles. The zero-order chi connectivity index (χ0) is 25.9. The molecule has 1 aromatic carbocycles. The Labute approximate surface area is 223 Å². The molecule has 2 aliphatic rings. The van der Waals surface area contributed by atoms with E-state index in [-0.39, 0.29) is 11.9 Å². The first-order valence-electron chi connectivity index (χ1n) is 14.9. The predicted molar refractivity (Wildman–Crippen MR) is 149 cm³/mol. The van der Waals surface area contributed by atoms with Crippen LogP contribution in [0.4, 0.5) is 0 Å². The van der Waals surface area contributed by atoms with Crippen molar-refractivity contribution < 1.29 is 14.3 Å². The molecule has 0 amide bonds. The van der Waals surface area contributed by atoms with Crippen molar-refractivity contribution in [1.29, 1.82) is 0 Å². The van der Waals surface area contributed by atoms with Crippen LogP contribution in [-0.4, -0.2) is 22.5 Å². The molecule has 0 radical (unpaired) electrons. The summed E-state index contributed by atoms with van der Waals surface area (Å²) in [5, 5.41) is 0. The van der Waals surface area contributed by atoms with Gasteiger partial charge >= 0.3 is 5.97 Å². The number of hydrogen-bond acceptors (Lipinski definition) is 5. The van der Waals surface area contributed by atoms with E-state index in [2.05, 4.69) is 23.8 Å². The number of hydrogen-bond donors (Lipinski definition) is 0. The SMILES string of the molecule is CCCCCCCOc1cnc(-c2ccc(OC(=O)[C@H]3CC[C@H]([C@H]4CC[C@H](CC)CC4)CC3)cc2)nc1. The van der Waals surface area contributed by atoms with E-state index in [1.54, 1.807) is 12.4 Å². The molecule has 4 rings (SSSR count). The van der Waals surface area contributed by atoms with Crippen LogP contribution < -0.4 is 9.47 Å². The molecule has 2 saturated carbocycles. The topological polar surface area (TPSA) is 61.3 Å². The van der Waals surface area contributed by atoms with Gasteiger partial charge in [0.15, 0.2) is 11.6 Å². The fourth-order valence-corrected chi connectivity index (χ4v) is 6.20. The maximum absolute atomic E-state index is 12.8. The normalized spacial score (nSPS) is 23.9. The molecule has 37 heavy (non-hydrogen) atoms. The lowest BCUT2D eigenvalue weighted by atomic mass is 9.69. The molecule has 5 nitrogen and oxygen atoms in total. The molecule has 0 saturated heterocycles. The number of aromatic nitrogens is 2. The van der Waals surface area contributed by atoms with Crippen molar-refractivity contribution in [3.8, 4) is 22.9 Å². The van der Waals surface area contributed by atoms with Crippen LogP contribution in [0.25, 0.3) is 11.4 Å². The van der Waals surface area contributed by atoms with Crippen LogP contribution in [0.15, 0.2) is 36.7 Å². The van der Waals surface area contributed by atoms with Gasteiger partial charge in [-0.15, -0.1) is 0 Å². The number of benzene rings is 1. The Balaban J connectivity index is 1.19. The maximum Gasteiger partial charge on any atom is 0.314 e. The van der Waals surface area contributed by atoms with E-state index in [0.717, 1.165) is 42.6 Å².